The number of rotatable bonds is 7. The molecule has 1 unspecified atom stereocenters. The van der Waals surface area contributed by atoms with E-state index in [9.17, 15) is 19.5 Å². The van der Waals surface area contributed by atoms with E-state index in [1.165, 1.54) is 11.9 Å². The molecular weight excluding hydrogens is 368 g/mol. The molecule has 0 saturated carbocycles. The maximum absolute atomic E-state index is 12.8. The lowest BCUT2D eigenvalue weighted by Gasteiger charge is -2.25. The van der Waals surface area contributed by atoms with E-state index in [0.29, 0.717) is 17.7 Å². The summed E-state index contributed by atoms with van der Waals surface area (Å²) < 4.78 is 0. The number of nitrogens with one attached hydrogen (secondary N) is 1. The van der Waals surface area contributed by atoms with Crippen molar-refractivity contribution in [2.45, 2.75) is 33.2 Å². The molecule has 0 heterocycles. The lowest BCUT2D eigenvalue weighted by atomic mass is 9.97. The zero-order valence-corrected chi connectivity index (χ0v) is 17.3. The fourth-order valence-electron chi connectivity index (χ4n) is 2.78. The molecule has 2 N–H and O–H groups in total. The van der Waals surface area contributed by atoms with E-state index in [-0.39, 0.29) is 17.7 Å². The molecule has 6 nitrogen and oxygen atoms in total. The summed E-state index contributed by atoms with van der Waals surface area (Å²) in [7, 11) is 1.48. The number of carboxylic acids is 1. The van der Waals surface area contributed by atoms with Gasteiger partial charge in [-0.25, -0.2) is 4.79 Å². The number of amides is 2. The Hall–Kier alpha value is -3.15. The van der Waals surface area contributed by atoms with Crippen molar-refractivity contribution in [1.82, 2.24) is 10.2 Å². The van der Waals surface area contributed by atoms with Crippen LogP contribution in [0.2, 0.25) is 0 Å². The molecule has 0 saturated heterocycles. The molecule has 0 bridgehead atoms. The Bertz CT molecular complexity index is 855. The van der Waals surface area contributed by atoms with E-state index in [2.05, 4.69) is 5.32 Å². The molecule has 0 aliphatic carbocycles. The summed E-state index contributed by atoms with van der Waals surface area (Å²) in [5.74, 6) is -1.68. The quantitative estimate of drug-likeness (QED) is 0.752. The number of hydrogen-bond donors (Lipinski definition) is 2. The second-order valence-corrected chi connectivity index (χ2v) is 8.28. The van der Waals surface area contributed by atoms with Crippen molar-refractivity contribution in [1.29, 1.82) is 0 Å². The molecule has 0 aliphatic rings. The van der Waals surface area contributed by atoms with E-state index >= 15 is 0 Å². The Morgan fingerprint density at radius 1 is 0.966 bits per heavy atom. The van der Waals surface area contributed by atoms with Crippen molar-refractivity contribution in [2.75, 3.05) is 13.6 Å². The fraction of sp³-hybridized carbons (Fsp3) is 0.348. The number of benzene rings is 2. The smallest absolute Gasteiger partial charge is 0.326 e. The summed E-state index contributed by atoms with van der Waals surface area (Å²) in [5, 5.41) is 12.5. The number of carbonyl (C=O) groups excluding carboxylic acids is 2. The standard InChI is InChI=1S/C23H28N2O4/c1-23(2,3)15-24-20(26)17-10-12-18(13-11-17)21(27)25(4)19(22(28)29)14-16-8-6-5-7-9-16/h5-13,19H,14-15H2,1-4H3,(H,24,26)(H,28,29). The maximum Gasteiger partial charge on any atom is 0.326 e. The van der Waals surface area contributed by atoms with Crippen LogP contribution in [0.15, 0.2) is 54.6 Å². The Morgan fingerprint density at radius 3 is 2.03 bits per heavy atom. The van der Waals surface area contributed by atoms with E-state index in [1.807, 2.05) is 51.1 Å². The summed E-state index contributed by atoms with van der Waals surface area (Å²) in [6.45, 7) is 6.62. The third kappa shape index (κ3) is 6.45. The van der Waals surface area contributed by atoms with Crippen LogP contribution in [-0.4, -0.2) is 47.4 Å². The van der Waals surface area contributed by atoms with Gasteiger partial charge in [-0.05, 0) is 35.2 Å². The van der Waals surface area contributed by atoms with Crippen LogP contribution in [0.1, 0.15) is 47.1 Å². The number of likely N-dealkylation sites (N-methyl/N-ethyl adjacent to an activating group) is 1. The Morgan fingerprint density at radius 2 is 1.52 bits per heavy atom. The van der Waals surface area contributed by atoms with Crippen LogP contribution >= 0.6 is 0 Å². The monoisotopic (exact) mass is 396 g/mol. The molecule has 0 spiro atoms. The summed E-state index contributed by atoms with van der Waals surface area (Å²) in [6, 6.07) is 14.4. The molecule has 2 rings (SSSR count). The minimum Gasteiger partial charge on any atom is -0.480 e. The lowest BCUT2D eigenvalue weighted by molar-refractivity contribution is -0.141. The Kier molecular flexibility index (Phi) is 7.15. The average molecular weight is 396 g/mol. The van der Waals surface area contributed by atoms with Crippen molar-refractivity contribution in [2.24, 2.45) is 5.41 Å². The molecule has 1 atom stereocenters. The topological polar surface area (TPSA) is 86.7 Å². The molecule has 154 valence electrons. The number of aliphatic carboxylic acids is 1. The van der Waals surface area contributed by atoms with Gasteiger partial charge in [0.2, 0.25) is 0 Å². The van der Waals surface area contributed by atoms with Gasteiger partial charge in [0, 0.05) is 31.1 Å². The van der Waals surface area contributed by atoms with Crippen LogP contribution in [0.3, 0.4) is 0 Å². The largest absolute Gasteiger partial charge is 0.480 e. The van der Waals surface area contributed by atoms with Gasteiger partial charge in [-0.2, -0.15) is 0 Å². The first kappa shape index (κ1) is 22.1. The number of carbonyl (C=O) groups is 3. The SMILES string of the molecule is CN(C(=O)c1ccc(C(=O)NCC(C)(C)C)cc1)C(Cc1ccccc1)C(=O)O. The van der Waals surface area contributed by atoms with Gasteiger partial charge < -0.3 is 15.3 Å². The molecule has 2 aromatic rings. The molecule has 6 heteroatoms. The van der Waals surface area contributed by atoms with Crippen molar-refractivity contribution < 1.29 is 19.5 Å². The summed E-state index contributed by atoms with van der Waals surface area (Å²) in [5.41, 5.74) is 1.59. The first-order valence-corrected chi connectivity index (χ1v) is 9.50. The van der Waals surface area contributed by atoms with E-state index in [0.717, 1.165) is 5.56 Å². The summed E-state index contributed by atoms with van der Waals surface area (Å²) >= 11 is 0. The van der Waals surface area contributed by atoms with Crippen LogP contribution in [0.5, 0.6) is 0 Å². The van der Waals surface area contributed by atoms with Crippen LogP contribution in [0, 0.1) is 5.41 Å². The normalized spacial score (nSPS) is 12.1. The minimum atomic E-state index is -1.07. The van der Waals surface area contributed by atoms with Crippen molar-refractivity contribution >= 4 is 17.8 Å². The number of carboxylic acid groups (broad SMARTS) is 1. The predicted molar refractivity (Wildman–Crippen MR) is 112 cm³/mol. The molecule has 0 aliphatic heterocycles. The van der Waals surface area contributed by atoms with Gasteiger partial charge >= 0.3 is 5.97 Å². The van der Waals surface area contributed by atoms with E-state index in [4.69, 9.17) is 0 Å². The molecule has 0 fully saturated rings. The lowest BCUT2D eigenvalue weighted by Crippen LogP contribution is -2.43. The maximum atomic E-state index is 12.8. The van der Waals surface area contributed by atoms with E-state index in [1.54, 1.807) is 24.3 Å². The predicted octanol–water partition coefficient (Wildman–Crippen LogP) is 3.23. The van der Waals surface area contributed by atoms with Gasteiger partial charge in [0.25, 0.3) is 11.8 Å². The Labute approximate surface area is 171 Å². The average Bonchev–Trinajstić information content (AvgIpc) is 2.69. The van der Waals surface area contributed by atoms with Gasteiger partial charge in [0.1, 0.15) is 6.04 Å². The number of nitrogens with zero attached hydrogens (tertiary/aromatic N) is 1. The zero-order chi connectivity index (χ0) is 21.6. The first-order valence-electron chi connectivity index (χ1n) is 9.50. The summed E-state index contributed by atoms with van der Waals surface area (Å²) in [4.78, 5) is 38.0. The van der Waals surface area contributed by atoms with Gasteiger partial charge in [-0.3, -0.25) is 9.59 Å². The fourth-order valence-corrected chi connectivity index (χ4v) is 2.78. The Balaban J connectivity index is 2.09. The molecule has 29 heavy (non-hydrogen) atoms. The van der Waals surface area contributed by atoms with Crippen LogP contribution in [0.4, 0.5) is 0 Å². The molecule has 0 radical (unpaired) electrons. The second kappa shape index (κ2) is 9.37. The third-order valence-electron chi connectivity index (χ3n) is 4.52. The van der Waals surface area contributed by atoms with Gasteiger partial charge in [-0.1, -0.05) is 51.1 Å². The van der Waals surface area contributed by atoms with Crippen LogP contribution in [0.25, 0.3) is 0 Å². The van der Waals surface area contributed by atoms with E-state index < -0.39 is 17.9 Å². The first-order chi connectivity index (χ1) is 13.6. The van der Waals surface area contributed by atoms with Gasteiger partial charge in [-0.15, -0.1) is 0 Å². The highest BCUT2D eigenvalue weighted by Gasteiger charge is 2.27. The van der Waals surface area contributed by atoms with Crippen LogP contribution in [-0.2, 0) is 11.2 Å². The molecular formula is C23H28N2O4. The molecule has 2 aromatic carbocycles. The van der Waals surface area contributed by atoms with Crippen molar-refractivity contribution in [3.63, 3.8) is 0 Å². The third-order valence-corrected chi connectivity index (χ3v) is 4.52. The number of hydrogen-bond acceptors (Lipinski definition) is 3. The van der Waals surface area contributed by atoms with Gasteiger partial charge in [0.15, 0.2) is 0 Å². The van der Waals surface area contributed by atoms with Crippen LogP contribution < -0.4 is 5.32 Å². The van der Waals surface area contributed by atoms with Crippen molar-refractivity contribution in [3.8, 4) is 0 Å². The van der Waals surface area contributed by atoms with Gasteiger partial charge in [0.05, 0.1) is 0 Å². The highest BCUT2D eigenvalue weighted by molar-refractivity contribution is 5.99. The highest BCUT2D eigenvalue weighted by atomic mass is 16.4. The summed E-state index contributed by atoms with van der Waals surface area (Å²) in [6.07, 6.45) is 0.214. The molecule has 2 amide bonds. The molecule has 0 aromatic heterocycles. The zero-order valence-electron chi connectivity index (χ0n) is 17.3. The minimum absolute atomic E-state index is 0.0289. The second-order valence-electron chi connectivity index (χ2n) is 8.28. The van der Waals surface area contributed by atoms with Crippen molar-refractivity contribution in [3.05, 3.63) is 71.3 Å². The highest BCUT2D eigenvalue weighted by Crippen LogP contribution is 2.14.